The third-order valence-electron chi connectivity index (χ3n) is 5.89. The number of halogens is 1. The fourth-order valence-electron chi connectivity index (χ4n) is 4.24. The molecule has 1 aliphatic heterocycles. The Morgan fingerprint density at radius 3 is 2.76 bits per heavy atom. The van der Waals surface area contributed by atoms with Crippen molar-refractivity contribution in [3.63, 3.8) is 0 Å². The maximum Gasteiger partial charge on any atom is 0.211 e. The fraction of sp³-hybridized carbons (Fsp3) is 0.750. The molecule has 3 rings (SSSR count). The number of sulfonamides is 1. The normalized spacial score (nSPS) is 26.1. The third kappa shape index (κ3) is 7.43. The van der Waals surface area contributed by atoms with E-state index in [1.165, 1.54) is 25.5 Å². The fourth-order valence-corrected chi connectivity index (χ4v) is 5.42. The molecule has 1 saturated heterocycles. The van der Waals surface area contributed by atoms with E-state index in [9.17, 15) is 8.42 Å². The summed E-state index contributed by atoms with van der Waals surface area (Å²) >= 11 is 0. The van der Waals surface area contributed by atoms with E-state index in [1.807, 2.05) is 12.1 Å². The van der Waals surface area contributed by atoms with Crippen molar-refractivity contribution >= 4 is 40.0 Å². The van der Waals surface area contributed by atoms with Crippen molar-refractivity contribution < 1.29 is 12.8 Å². The summed E-state index contributed by atoms with van der Waals surface area (Å²) in [7, 11) is -3.17. The molecule has 1 aromatic rings. The summed E-state index contributed by atoms with van der Waals surface area (Å²) in [5, 5.41) is 7.02. The highest BCUT2D eigenvalue weighted by atomic mass is 127. The van der Waals surface area contributed by atoms with Crippen LogP contribution in [0, 0.1) is 5.92 Å². The molecule has 2 aliphatic rings. The lowest BCUT2D eigenvalue weighted by atomic mass is 9.86. The van der Waals surface area contributed by atoms with Gasteiger partial charge in [0.25, 0.3) is 0 Å². The molecule has 0 aromatic carbocycles. The molecule has 0 radical (unpaired) electrons. The molecular formula is C20H35IN4O3S. The largest absolute Gasteiger partial charge is 0.469 e. The van der Waals surface area contributed by atoms with Crippen molar-refractivity contribution in [3.05, 3.63) is 24.2 Å². The monoisotopic (exact) mass is 538 g/mol. The Kier molecular flexibility index (Phi) is 9.74. The van der Waals surface area contributed by atoms with Crippen LogP contribution in [0.15, 0.2) is 27.8 Å². The number of nitrogens with one attached hydrogen (secondary N) is 2. The highest BCUT2D eigenvalue weighted by Crippen LogP contribution is 2.24. The Morgan fingerprint density at radius 1 is 1.28 bits per heavy atom. The number of rotatable bonds is 7. The van der Waals surface area contributed by atoms with E-state index in [1.54, 1.807) is 10.6 Å². The zero-order chi connectivity index (χ0) is 20.0. The first kappa shape index (κ1) is 24.5. The van der Waals surface area contributed by atoms with Crippen LogP contribution in [-0.4, -0.2) is 56.7 Å². The van der Waals surface area contributed by atoms with Crippen LogP contribution < -0.4 is 10.6 Å². The summed E-state index contributed by atoms with van der Waals surface area (Å²) in [6.45, 7) is 4.11. The van der Waals surface area contributed by atoms with E-state index >= 15 is 0 Å². The van der Waals surface area contributed by atoms with Crippen LogP contribution in [0.5, 0.6) is 0 Å². The van der Waals surface area contributed by atoms with Crippen molar-refractivity contribution in [2.75, 3.05) is 25.9 Å². The number of hydrogen-bond acceptors (Lipinski definition) is 4. The SMILES string of the molecule is CC1CCCCC1NC(=NC[C@H]1CCCN1S(C)(=O)=O)NCCc1ccco1.I. The molecule has 166 valence electrons. The molecule has 0 spiro atoms. The summed E-state index contributed by atoms with van der Waals surface area (Å²) in [6.07, 6.45) is 10.5. The van der Waals surface area contributed by atoms with Crippen molar-refractivity contribution in [1.29, 1.82) is 0 Å². The standard InChI is InChI=1S/C20H34N4O3S.HI/c1-16-7-3-4-10-19(16)23-20(21-12-11-18-9-6-14-27-18)22-15-17-8-5-13-24(17)28(2,25)26;/h6,9,14,16-17,19H,3-5,7-8,10-13,15H2,1-2H3,(H2,21,22,23);1H/t16?,17-,19?;/m1./s1. The van der Waals surface area contributed by atoms with Gasteiger partial charge in [-0.2, -0.15) is 4.31 Å². The molecule has 7 nitrogen and oxygen atoms in total. The third-order valence-corrected chi connectivity index (χ3v) is 7.22. The predicted molar refractivity (Wildman–Crippen MR) is 127 cm³/mol. The van der Waals surface area contributed by atoms with Crippen molar-refractivity contribution in [3.8, 4) is 0 Å². The molecule has 2 fully saturated rings. The van der Waals surface area contributed by atoms with Crippen molar-refractivity contribution in [2.24, 2.45) is 10.9 Å². The van der Waals surface area contributed by atoms with Gasteiger partial charge in [0.05, 0.1) is 19.1 Å². The molecule has 2 N–H and O–H groups in total. The van der Waals surface area contributed by atoms with Gasteiger partial charge in [0, 0.05) is 31.6 Å². The smallest absolute Gasteiger partial charge is 0.211 e. The average Bonchev–Trinajstić information content (AvgIpc) is 3.32. The second-order valence-corrected chi connectivity index (χ2v) is 10.1. The van der Waals surface area contributed by atoms with Gasteiger partial charge in [-0.05, 0) is 43.7 Å². The Morgan fingerprint density at radius 2 is 2.07 bits per heavy atom. The van der Waals surface area contributed by atoms with E-state index in [2.05, 4.69) is 17.6 Å². The molecule has 0 amide bonds. The summed E-state index contributed by atoms with van der Waals surface area (Å²) in [6, 6.07) is 4.24. The van der Waals surface area contributed by atoms with Crippen molar-refractivity contribution in [1.82, 2.24) is 14.9 Å². The van der Waals surface area contributed by atoms with Crippen LogP contribution in [0.4, 0.5) is 0 Å². The summed E-state index contributed by atoms with van der Waals surface area (Å²) < 4.78 is 31.0. The lowest BCUT2D eigenvalue weighted by Gasteiger charge is -2.31. The zero-order valence-electron chi connectivity index (χ0n) is 17.5. The predicted octanol–water partition coefficient (Wildman–Crippen LogP) is 2.98. The minimum Gasteiger partial charge on any atom is -0.469 e. The van der Waals surface area contributed by atoms with E-state index in [-0.39, 0.29) is 30.0 Å². The number of nitrogens with zero attached hydrogens (tertiary/aromatic N) is 2. The number of hydrogen-bond donors (Lipinski definition) is 2. The van der Waals surface area contributed by atoms with Gasteiger partial charge < -0.3 is 15.1 Å². The maximum atomic E-state index is 12.0. The number of guanidine groups is 1. The van der Waals surface area contributed by atoms with Crippen LogP contribution in [0.3, 0.4) is 0 Å². The Labute approximate surface area is 192 Å². The molecule has 1 aromatic heterocycles. The molecule has 3 atom stereocenters. The average molecular weight is 538 g/mol. The van der Waals surface area contributed by atoms with Crippen LogP contribution in [0.25, 0.3) is 0 Å². The lowest BCUT2D eigenvalue weighted by Crippen LogP contribution is -2.48. The lowest BCUT2D eigenvalue weighted by molar-refractivity contribution is 0.306. The van der Waals surface area contributed by atoms with Crippen LogP contribution in [0.1, 0.15) is 51.2 Å². The molecule has 0 bridgehead atoms. The van der Waals surface area contributed by atoms with Crippen LogP contribution in [-0.2, 0) is 16.4 Å². The molecule has 1 aliphatic carbocycles. The van der Waals surface area contributed by atoms with Crippen LogP contribution in [0.2, 0.25) is 0 Å². The highest BCUT2D eigenvalue weighted by Gasteiger charge is 2.31. The number of furan rings is 1. The van der Waals surface area contributed by atoms with Gasteiger partial charge in [0.2, 0.25) is 10.0 Å². The van der Waals surface area contributed by atoms with E-state index in [4.69, 9.17) is 9.41 Å². The molecular weight excluding hydrogens is 503 g/mol. The van der Waals surface area contributed by atoms with Gasteiger partial charge in [-0.15, -0.1) is 24.0 Å². The van der Waals surface area contributed by atoms with Gasteiger partial charge >= 0.3 is 0 Å². The van der Waals surface area contributed by atoms with Gasteiger partial charge in [-0.3, -0.25) is 4.99 Å². The van der Waals surface area contributed by atoms with Gasteiger partial charge in [0.15, 0.2) is 5.96 Å². The summed E-state index contributed by atoms with van der Waals surface area (Å²) in [5.41, 5.74) is 0. The Bertz CT molecular complexity index is 739. The highest BCUT2D eigenvalue weighted by molar-refractivity contribution is 14.0. The van der Waals surface area contributed by atoms with E-state index in [0.29, 0.717) is 25.0 Å². The number of aliphatic imine (C=N–C) groups is 1. The first-order valence-corrected chi connectivity index (χ1v) is 12.3. The molecule has 1 saturated carbocycles. The minimum atomic E-state index is -3.17. The maximum absolute atomic E-state index is 12.0. The minimum absolute atomic E-state index is 0. The second kappa shape index (κ2) is 11.5. The second-order valence-electron chi connectivity index (χ2n) is 8.13. The quantitative estimate of drug-likeness (QED) is 0.317. The first-order valence-electron chi connectivity index (χ1n) is 10.5. The Hall–Kier alpha value is -0.810. The molecule has 29 heavy (non-hydrogen) atoms. The van der Waals surface area contributed by atoms with Crippen molar-refractivity contribution in [2.45, 2.75) is 64.0 Å². The summed E-state index contributed by atoms with van der Waals surface area (Å²) in [4.78, 5) is 4.77. The van der Waals surface area contributed by atoms with Gasteiger partial charge in [0.1, 0.15) is 5.76 Å². The topological polar surface area (TPSA) is 86.9 Å². The van der Waals surface area contributed by atoms with Gasteiger partial charge in [-0.25, -0.2) is 8.42 Å². The molecule has 2 unspecified atom stereocenters. The Balaban J connectivity index is 0.00000300. The molecule has 2 heterocycles. The van der Waals surface area contributed by atoms with Gasteiger partial charge in [-0.1, -0.05) is 19.8 Å². The van der Waals surface area contributed by atoms with E-state index in [0.717, 1.165) is 43.9 Å². The van der Waals surface area contributed by atoms with Crippen LogP contribution >= 0.6 is 24.0 Å². The first-order chi connectivity index (χ1) is 13.4. The summed E-state index contributed by atoms with van der Waals surface area (Å²) in [5.74, 6) is 2.34. The van der Waals surface area contributed by atoms with E-state index < -0.39 is 10.0 Å². The zero-order valence-corrected chi connectivity index (χ0v) is 20.6. The molecule has 9 heteroatoms.